The summed E-state index contributed by atoms with van der Waals surface area (Å²) in [6, 6.07) is 19.3. The van der Waals surface area contributed by atoms with Gasteiger partial charge < -0.3 is 5.32 Å². The number of benzene rings is 2. The molecule has 3 aromatic rings. The largest absolute Gasteiger partial charge is 0.353 e. The lowest BCUT2D eigenvalue weighted by Crippen LogP contribution is -2.31. The zero-order valence-electron chi connectivity index (χ0n) is 13.9. The first-order valence-corrected chi connectivity index (χ1v) is 10.0. The topological polar surface area (TPSA) is 29.1 Å². The van der Waals surface area contributed by atoms with Crippen LogP contribution in [0, 0.1) is 0 Å². The van der Waals surface area contributed by atoms with Crippen molar-refractivity contribution in [3.05, 3.63) is 59.5 Å². The van der Waals surface area contributed by atoms with Gasteiger partial charge in [-0.1, -0.05) is 48.5 Å². The van der Waals surface area contributed by atoms with E-state index >= 15 is 0 Å². The van der Waals surface area contributed by atoms with Crippen LogP contribution in [0.1, 0.15) is 18.7 Å². The number of thioether (sulfide) groups is 1. The second-order valence-corrected chi connectivity index (χ2v) is 8.10. The van der Waals surface area contributed by atoms with Crippen LogP contribution in [0.4, 0.5) is 0 Å². The van der Waals surface area contributed by atoms with Crippen LogP contribution in [0.3, 0.4) is 0 Å². The van der Waals surface area contributed by atoms with Gasteiger partial charge in [0.15, 0.2) is 0 Å². The van der Waals surface area contributed by atoms with Gasteiger partial charge in [0.1, 0.15) is 0 Å². The molecule has 4 heteroatoms. The molecule has 0 fully saturated rings. The molecule has 0 saturated carbocycles. The van der Waals surface area contributed by atoms with E-state index in [1.165, 1.54) is 26.1 Å². The number of rotatable bonds is 6. The van der Waals surface area contributed by atoms with Crippen LogP contribution in [-0.2, 0) is 10.5 Å². The van der Waals surface area contributed by atoms with Crippen molar-refractivity contribution in [3.63, 3.8) is 0 Å². The van der Waals surface area contributed by atoms with Crippen LogP contribution in [0.2, 0.25) is 0 Å². The molecule has 2 aromatic carbocycles. The molecule has 1 amide bonds. The van der Waals surface area contributed by atoms with E-state index in [4.69, 9.17) is 0 Å². The molecule has 24 heavy (non-hydrogen) atoms. The van der Waals surface area contributed by atoms with Crippen molar-refractivity contribution < 1.29 is 4.79 Å². The maximum absolute atomic E-state index is 11.8. The lowest BCUT2D eigenvalue weighted by molar-refractivity contribution is -0.119. The predicted octanol–water partition coefficient (Wildman–Crippen LogP) is 5.33. The highest BCUT2D eigenvalue weighted by atomic mass is 32.2. The van der Waals surface area contributed by atoms with E-state index in [2.05, 4.69) is 53.8 Å². The van der Waals surface area contributed by atoms with Crippen molar-refractivity contribution in [2.75, 3.05) is 5.75 Å². The third-order valence-corrected chi connectivity index (χ3v) is 5.96. The summed E-state index contributed by atoms with van der Waals surface area (Å²) in [4.78, 5) is 13.2. The molecular weight excluding hydrogens is 334 g/mol. The number of hydrogen-bond donors (Lipinski definition) is 1. The average molecular weight is 356 g/mol. The van der Waals surface area contributed by atoms with Gasteiger partial charge in [0.05, 0.1) is 5.75 Å². The maximum atomic E-state index is 11.8. The molecule has 0 bridgehead atoms. The van der Waals surface area contributed by atoms with Crippen molar-refractivity contribution in [1.82, 2.24) is 5.32 Å². The molecule has 0 atom stereocenters. The van der Waals surface area contributed by atoms with E-state index in [9.17, 15) is 4.79 Å². The highest BCUT2D eigenvalue weighted by Crippen LogP contribution is 2.40. The second kappa shape index (κ2) is 7.86. The van der Waals surface area contributed by atoms with Crippen molar-refractivity contribution in [3.8, 4) is 11.1 Å². The fourth-order valence-electron chi connectivity index (χ4n) is 2.72. The lowest BCUT2D eigenvalue weighted by Gasteiger charge is -2.08. The van der Waals surface area contributed by atoms with E-state index in [1.54, 1.807) is 11.8 Å². The quantitative estimate of drug-likeness (QED) is 0.648. The van der Waals surface area contributed by atoms with Gasteiger partial charge in [0.2, 0.25) is 5.91 Å². The average Bonchev–Trinajstić information content (AvgIpc) is 2.93. The van der Waals surface area contributed by atoms with Crippen molar-refractivity contribution >= 4 is 39.1 Å². The van der Waals surface area contributed by atoms with E-state index in [1.807, 2.05) is 31.3 Å². The summed E-state index contributed by atoms with van der Waals surface area (Å²) >= 11 is 3.51. The Morgan fingerprint density at radius 1 is 1.08 bits per heavy atom. The second-order valence-electron chi connectivity index (χ2n) is 5.98. The number of amides is 1. The highest BCUT2D eigenvalue weighted by molar-refractivity contribution is 7.99. The molecule has 0 spiro atoms. The third kappa shape index (κ3) is 4.00. The van der Waals surface area contributed by atoms with Gasteiger partial charge >= 0.3 is 0 Å². The first kappa shape index (κ1) is 17.1. The molecule has 0 radical (unpaired) electrons. The van der Waals surface area contributed by atoms with Crippen LogP contribution in [0.25, 0.3) is 21.2 Å². The van der Waals surface area contributed by atoms with E-state index in [-0.39, 0.29) is 11.9 Å². The van der Waals surface area contributed by atoms with Gasteiger partial charge in [-0.05, 0) is 25.5 Å². The smallest absolute Gasteiger partial charge is 0.230 e. The SMILES string of the molecule is CC(C)NC(=O)CSCc1sc2ccccc2c1-c1ccccc1. The number of carbonyl (C=O) groups is 1. The minimum Gasteiger partial charge on any atom is -0.353 e. The molecule has 3 rings (SSSR count). The molecule has 0 unspecified atom stereocenters. The van der Waals surface area contributed by atoms with E-state index < -0.39 is 0 Å². The molecule has 1 heterocycles. The van der Waals surface area contributed by atoms with Crippen molar-refractivity contribution in [2.45, 2.75) is 25.6 Å². The number of carbonyl (C=O) groups excluding carboxylic acids is 1. The molecule has 1 aromatic heterocycles. The van der Waals surface area contributed by atoms with Gasteiger partial charge in [-0.2, -0.15) is 0 Å². The summed E-state index contributed by atoms with van der Waals surface area (Å²) in [5.41, 5.74) is 2.56. The Hall–Kier alpha value is -1.78. The normalized spacial score (nSPS) is 11.1. The number of nitrogens with one attached hydrogen (secondary N) is 1. The van der Waals surface area contributed by atoms with Gasteiger partial charge in [-0.15, -0.1) is 23.1 Å². The molecule has 0 aliphatic heterocycles. The third-order valence-electron chi connectivity index (χ3n) is 3.65. The van der Waals surface area contributed by atoms with Crippen LogP contribution in [0.15, 0.2) is 54.6 Å². The van der Waals surface area contributed by atoms with Gasteiger partial charge in [0, 0.05) is 32.3 Å². The Balaban J connectivity index is 1.84. The highest BCUT2D eigenvalue weighted by Gasteiger charge is 2.14. The van der Waals surface area contributed by atoms with Crippen LogP contribution >= 0.6 is 23.1 Å². The Labute approximate surface area is 151 Å². The molecule has 2 nitrogen and oxygen atoms in total. The van der Waals surface area contributed by atoms with Crippen LogP contribution in [-0.4, -0.2) is 17.7 Å². The summed E-state index contributed by atoms with van der Waals surface area (Å²) in [6.45, 7) is 3.98. The van der Waals surface area contributed by atoms with E-state index in [0.717, 1.165) is 5.75 Å². The monoisotopic (exact) mass is 355 g/mol. The molecule has 1 N–H and O–H groups in total. The van der Waals surface area contributed by atoms with Gasteiger partial charge in [-0.3, -0.25) is 4.79 Å². The Bertz CT molecular complexity index is 824. The van der Waals surface area contributed by atoms with Gasteiger partial charge in [-0.25, -0.2) is 0 Å². The maximum Gasteiger partial charge on any atom is 0.230 e. The first-order valence-electron chi connectivity index (χ1n) is 8.08. The Kier molecular flexibility index (Phi) is 5.59. The summed E-state index contributed by atoms with van der Waals surface area (Å²) < 4.78 is 1.30. The fourth-order valence-corrected chi connectivity index (χ4v) is 4.93. The van der Waals surface area contributed by atoms with Gasteiger partial charge in [0.25, 0.3) is 0 Å². The van der Waals surface area contributed by atoms with Crippen molar-refractivity contribution in [2.24, 2.45) is 0 Å². The lowest BCUT2D eigenvalue weighted by atomic mass is 10.0. The Morgan fingerprint density at radius 2 is 1.79 bits per heavy atom. The van der Waals surface area contributed by atoms with Crippen molar-refractivity contribution in [1.29, 1.82) is 0 Å². The number of thiophene rings is 1. The first-order chi connectivity index (χ1) is 11.6. The zero-order valence-corrected chi connectivity index (χ0v) is 15.5. The van der Waals surface area contributed by atoms with E-state index in [0.29, 0.717) is 5.75 Å². The number of fused-ring (bicyclic) bond motifs is 1. The molecule has 124 valence electrons. The standard InChI is InChI=1S/C20H21NOS2/c1-14(2)21-19(22)13-23-12-18-20(15-8-4-3-5-9-15)16-10-6-7-11-17(16)24-18/h3-11,14H,12-13H2,1-2H3,(H,21,22). The minimum atomic E-state index is 0.109. The molecule has 0 saturated heterocycles. The molecular formula is C20H21NOS2. The summed E-state index contributed by atoms with van der Waals surface area (Å²) in [5, 5.41) is 4.25. The zero-order chi connectivity index (χ0) is 16.9. The summed E-state index contributed by atoms with van der Waals surface area (Å²) in [5.74, 6) is 1.47. The van der Waals surface area contributed by atoms with Crippen LogP contribution in [0.5, 0.6) is 0 Å². The number of hydrogen-bond acceptors (Lipinski definition) is 3. The van der Waals surface area contributed by atoms with Crippen LogP contribution < -0.4 is 5.32 Å². The molecule has 0 aliphatic rings. The predicted molar refractivity (Wildman–Crippen MR) is 107 cm³/mol. The Morgan fingerprint density at radius 3 is 2.54 bits per heavy atom. The minimum absolute atomic E-state index is 0.109. The fraction of sp³-hybridized carbons (Fsp3) is 0.250. The summed E-state index contributed by atoms with van der Waals surface area (Å²) in [6.07, 6.45) is 0. The summed E-state index contributed by atoms with van der Waals surface area (Å²) in [7, 11) is 0. The molecule has 0 aliphatic carbocycles.